The first kappa shape index (κ1) is 17.6. The minimum Gasteiger partial charge on any atom is -0.424 e. The smallest absolute Gasteiger partial charge is 0.308 e. The predicted molar refractivity (Wildman–Crippen MR) is 91.8 cm³/mol. The second-order valence-corrected chi connectivity index (χ2v) is 6.07. The van der Waals surface area contributed by atoms with Gasteiger partial charge in [0.25, 0.3) is 0 Å². The van der Waals surface area contributed by atoms with Crippen LogP contribution in [0.5, 0.6) is 5.75 Å². The van der Waals surface area contributed by atoms with Gasteiger partial charge in [0.2, 0.25) is 0 Å². The Labute approximate surface area is 148 Å². The maximum absolute atomic E-state index is 12.7. The third-order valence-corrected chi connectivity index (χ3v) is 4.14. The van der Waals surface area contributed by atoms with Crippen LogP contribution in [0.15, 0.2) is 24.3 Å². The van der Waals surface area contributed by atoms with Crippen LogP contribution in [0.25, 0.3) is 0 Å². The molecule has 0 saturated carbocycles. The number of aryl methyl sites for hydroxylation is 1. The summed E-state index contributed by atoms with van der Waals surface area (Å²) in [5.74, 6) is -0.855. The molecular weight excluding hydrogens is 361 g/mol. The van der Waals surface area contributed by atoms with Crippen LogP contribution >= 0.6 is 34.8 Å². The summed E-state index contributed by atoms with van der Waals surface area (Å²) in [4.78, 5) is 23.9. The normalized spacial score (nSPS) is 10.5. The Morgan fingerprint density at radius 2 is 1.74 bits per heavy atom. The summed E-state index contributed by atoms with van der Waals surface area (Å²) in [6.45, 7) is 2.97. The highest BCUT2D eigenvalue weighted by atomic mass is 35.5. The van der Waals surface area contributed by atoms with E-state index in [1.165, 1.54) is 25.1 Å². The Morgan fingerprint density at radius 1 is 1.09 bits per heavy atom. The van der Waals surface area contributed by atoms with Crippen LogP contribution in [-0.4, -0.2) is 11.8 Å². The molecule has 0 aromatic heterocycles. The largest absolute Gasteiger partial charge is 0.424 e. The first-order chi connectivity index (χ1) is 10.7. The summed E-state index contributed by atoms with van der Waals surface area (Å²) in [7, 11) is 0. The van der Waals surface area contributed by atoms with Gasteiger partial charge in [-0.15, -0.1) is 0 Å². The van der Waals surface area contributed by atoms with Crippen molar-refractivity contribution in [2.24, 2.45) is 0 Å². The van der Waals surface area contributed by atoms with Crippen molar-refractivity contribution in [1.29, 1.82) is 0 Å². The third kappa shape index (κ3) is 3.61. The van der Waals surface area contributed by atoms with Crippen molar-refractivity contribution < 1.29 is 14.3 Å². The second-order valence-electron chi connectivity index (χ2n) is 4.84. The van der Waals surface area contributed by atoms with Crippen molar-refractivity contribution in [3.63, 3.8) is 0 Å². The average molecular weight is 373 g/mol. The molecule has 0 fully saturated rings. The monoisotopic (exact) mass is 371 g/mol. The highest BCUT2D eigenvalue weighted by Crippen LogP contribution is 2.35. The number of hydrogen-bond donors (Lipinski definition) is 1. The number of esters is 1. The highest BCUT2D eigenvalue weighted by Gasteiger charge is 2.21. The molecule has 2 aromatic rings. The molecule has 0 spiro atoms. The number of hydrogen-bond acceptors (Lipinski definition) is 4. The topological polar surface area (TPSA) is 69.4 Å². The molecule has 120 valence electrons. The minimum atomic E-state index is -0.534. The van der Waals surface area contributed by atoms with E-state index in [1.54, 1.807) is 13.0 Å². The Kier molecular flexibility index (Phi) is 5.19. The van der Waals surface area contributed by atoms with Crippen molar-refractivity contribution in [3.05, 3.63) is 56.0 Å². The zero-order valence-corrected chi connectivity index (χ0v) is 14.5. The van der Waals surface area contributed by atoms with Gasteiger partial charge in [-0.2, -0.15) is 0 Å². The van der Waals surface area contributed by atoms with E-state index in [2.05, 4.69) is 0 Å². The number of benzene rings is 2. The van der Waals surface area contributed by atoms with Crippen molar-refractivity contribution in [1.82, 2.24) is 0 Å². The SMILES string of the molecule is CC(=O)Oc1c(C)ccc(C(=O)c2cc(Cl)cc(Cl)c2Cl)c1N. The lowest BCUT2D eigenvalue weighted by atomic mass is 9.99. The molecule has 0 radical (unpaired) electrons. The van der Waals surface area contributed by atoms with Crippen molar-refractivity contribution in [2.45, 2.75) is 13.8 Å². The van der Waals surface area contributed by atoms with E-state index in [9.17, 15) is 9.59 Å². The Balaban J connectivity index is 2.59. The maximum atomic E-state index is 12.7. The number of anilines is 1. The molecule has 0 aliphatic heterocycles. The van der Waals surface area contributed by atoms with Crippen LogP contribution in [-0.2, 0) is 4.79 Å². The van der Waals surface area contributed by atoms with Crippen molar-refractivity contribution in [2.75, 3.05) is 5.73 Å². The molecule has 2 rings (SSSR count). The summed E-state index contributed by atoms with van der Waals surface area (Å²) in [6.07, 6.45) is 0. The van der Waals surface area contributed by atoms with E-state index in [0.717, 1.165) is 0 Å². The molecule has 0 atom stereocenters. The number of carbonyl (C=O) groups excluding carboxylic acids is 2. The second kappa shape index (κ2) is 6.79. The number of carbonyl (C=O) groups is 2. The fourth-order valence-corrected chi connectivity index (χ4v) is 2.74. The molecule has 23 heavy (non-hydrogen) atoms. The van der Waals surface area contributed by atoms with E-state index in [1.807, 2.05) is 0 Å². The van der Waals surface area contributed by atoms with Gasteiger partial charge in [0.1, 0.15) is 0 Å². The van der Waals surface area contributed by atoms with E-state index in [-0.39, 0.29) is 37.6 Å². The summed E-state index contributed by atoms with van der Waals surface area (Å²) >= 11 is 17.9. The maximum Gasteiger partial charge on any atom is 0.308 e. The molecule has 0 bridgehead atoms. The lowest BCUT2D eigenvalue weighted by Gasteiger charge is -2.13. The van der Waals surface area contributed by atoms with Crippen LogP contribution in [0.2, 0.25) is 15.1 Å². The number of rotatable bonds is 3. The van der Waals surface area contributed by atoms with Crippen molar-refractivity contribution >= 4 is 52.2 Å². The zero-order valence-electron chi connectivity index (χ0n) is 12.2. The minimum absolute atomic E-state index is 0.0531. The van der Waals surface area contributed by atoms with Gasteiger partial charge in [0, 0.05) is 23.1 Å². The van der Waals surface area contributed by atoms with E-state index >= 15 is 0 Å². The molecule has 0 aliphatic carbocycles. The predicted octanol–water partition coefficient (Wildman–Crippen LogP) is 4.69. The zero-order chi connectivity index (χ0) is 17.3. The molecule has 0 amide bonds. The Hall–Kier alpha value is -1.75. The molecule has 0 heterocycles. The van der Waals surface area contributed by atoms with Gasteiger partial charge in [-0.25, -0.2) is 0 Å². The number of halogens is 3. The molecular formula is C16H12Cl3NO3. The fourth-order valence-electron chi connectivity index (χ4n) is 2.05. The molecule has 0 saturated heterocycles. The first-order valence-electron chi connectivity index (χ1n) is 6.49. The van der Waals surface area contributed by atoms with Gasteiger partial charge in [0.05, 0.1) is 15.7 Å². The Bertz CT molecular complexity index is 819. The van der Waals surface area contributed by atoms with Gasteiger partial charge in [-0.05, 0) is 30.7 Å². The summed E-state index contributed by atoms with van der Waals surface area (Å²) in [5, 5.41) is 0.511. The molecule has 2 N–H and O–H groups in total. The quantitative estimate of drug-likeness (QED) is 0.279. The van der Waals surface area contributed by atoms with Gasteiger partial charge in [-0.3, -0.25) is 9.59 Å². The molecule has 0 unspecified atom stereocenters. The van der Waals surface area contributed by atoms with Gasteiger partial charge in [0.15, 0.2) is 11.5 Å². The standard InChI is InChI=1S/C16H12Cl3NO3/c1-7-3-4-10(14(20)16(7)23-8(2)21)15(22)11-5-9(17)6-12(18)13(11)19/h3-6H,20H2,1-2H3. The number of nitrogen functional groups attached to an aromatic ring is 1. The number of ether oxygens (including phenoxy) is 1. The summed E-state index contributed by atoms with van der Waals surface area (Å²) in [5.41, 5.74) is 6.94. The van der Waals surface area contributed by atoms with Crippen LogP contribution in [0.1, 0.15) is 28.4 Å². The van der Waals surface area contributed by atoms with E-state index < -0.39 is 11.8 Å². The highest BCUT2D eigenvalue weighted by molar-refractivity contribution is 6.45. The first-order valence-corrected chi connectivity index (χ1v) is 7.62. The molecule has 0 aliphatic rings. The molecule has 7 heteroatoms. The van der Waals surface area contributed by atoms with Crippen LogP contribution in [0.3, 0.4) is 0 Å². The molecule has 2 aromatic carbocycles. The third-order valence-electron chi connectivity index (χ3n) is 3.12. The Morgan fingerprint density at radius 3 is 2.35 bits per heavy atom. The van der Waals surface area contributed by atoms with Gasteiger partial charge >= 0.3 is 5.97 Å². The van der Waals surface area contributed by atoms with Crippen molar-refractivity contribution in [3.8, 4) is 5.75 Å². The van der Waals surface area contributed by atoms with E-state index in [0.29, 0.717) is 5.56 Å². The summed E-state index contributed by atoms with van der Waals surface area (Å²) in [6, 6.07) is 6.00. The number of ketones is 1. The van der Waals surface area contributed by atoms with E-state index in [4.69, 9.17) is 45.3 Å². The van der Waals surface area contributed by atoms with Crippen LogP contribution in [0, 0.1) is 6.92 Å². The fraction of sp³-hybridized carbons (Fsp3) is 0.125. The van der Waals surface area contributed by atoms with Gasteiger partial charge in [-0.1, -0.05) is 40.9 Å². The van der Waals surface area contributed by atoms with Crippen LogP contribution in [0.4, 0.5) is 5.69 Å². The van der Waals surface area contributed by atoms with Crippen LogP contribution < -0.4 is 10.5 Å². The average Bonchev–Trinajstić information content (AvgIpc) is 2.46. The number of nitrogens with two attached hydrogens (primary N) is 1. The van der Waals surface area contributed by atoms with Gasteiger partial charge < -0.3 is 10.5 Å². The lowest BCUT2D eigenvalue weighted by molar-refractivity contribution is -0.131. The molecule has 4 nitrogen and oxygen atoms in total. The lowest BCUT2D eigenvalue weighted by Crippen LogP contribution is -2.11. The summed E-state index contributed by atoms with van der Waals surface area (Å²) < 4.78 is 5.08.